The molecule has 20 heavy (non-hydrogen) atoms. The van der Waals surface area contributed by atoms with E-state index < -0.39 is 10.7 Å². The number of nitro groups is 1. The van der Waals surface area contributed by atoms with E-state index in [4.69, 9.17) is 4.74 Å². The van der Waals surface area contributed by atoms with Crippen molar-refractivity contribution in [3.63, 3.8) is 0 Å². The molecular formula is C13H8Br2FNO3. The molecule has 0 spiro atoms. The van der Waals surface area contributed by atoms with E-state index in [-0.39, 0.29) is 18.0 Å². The summed E-state index contributed by atoms with van der Waals surface area (Å²) in [5, 5.41) is 10.9. The maximum absolute atomic E-state index is 13.6. The van der Waals surface area contributed by atoms with Crippen LogP contribution in [0.5, 0.6) is 5.75 Å². The van der Waals surface area contributed by atoms with Gasteiger partial charge in [0.2, 0.25) is 0 Å². The second-order valence-corrected chi connectivity index (χ2v) is 5.72. The summed E-state index contributed by atoms with van der Waals surface area (Å²) in [7, 11) is 0. The number of hydrogen-bond donors (Lipinski definition) is 0. The van der Waals surface area contributed by atoms with Crippen molar-refractivity contribution in [1.82, 2.24) is 0 Å². The van der Waals surface area contributed by atoms with Crippen LogP contribution in [0.3, 0.4) is 0 Å². The quantitative estimate of drug-likeness (QED) is 0.541. The fourth-order valence-corrected chi connectivity index (χ4v) is 2.23. The van der Waals surface area contributed by atoms with Crippen LogP contribution in [0.25, 0.3) is 0 Å². The lowest BCUT2D eigenvalue weighted by molar-refractivity contribution is -0.386. The summed E-state index contributed by atoms with van der Waals surface area (Å²) in [4.78, 5) is 10.4. The molecule has 0 unspecified atom stereocenters. The van der Waals surface area contributed by atoms with Crippen LogP contribution in [0.4, 0.5) is 10.1 Å². The number of ether oxygens (including phenoxy) is 1. The molecule has 0 heterocycles. The Hall–Kier alpha value is -1.47. The second kappa shape index (κ2) is 6.32. The monoisotopic (exact) mass is 403 g/mol. The van der Waals surface area contributed by atoms with Crippen molar-refractivity contribution in [3.8, 4) is 5.75 Å². The van der Waals surface area contributed by atoms with Gasteiger partial charge in [0.1, 0.15) is 12.4 Å². The fraction of sp³-hybridized carbons (Fsp3) is 0.0769. The van der Waals surface area contributed by atoms with E-state index in [9.17, 15) is 14.5 Å². The summed E-state index contributed by atoms with van der Waals surface area (Å²) in [6, 6.07) is 8.99. The van der Waals surface area contributed by atoms with Gasteiger partial charge in [-0.15, -0.1) is 0 Å². The molecule has 0 aromatic heterocycles. The molecule has 0 aliphatic carbocycles. The minimum Gasteiger partial charge on any atom is -0.482 e. The summed E-state index contributed by atoms with van der Waals surface area (Å²) in [5.41, 5.74) is 0.155. The Kier molecular flexibility index (Phi) is 4.72. The third-order valence-corrected chi connectivity index (χ3v) is 3.50. The summed E-state index contributed by atoms with van der Waals surface area (Å²) in [6.45, 7) is -0.0818. The Morgan fingerprint density at radius 3 is 2.45 bits per heavy atom. The minimum absolute atomic E-state index is 0.0818. The SMILES string of the molecule is O=[N+]([O-])c1cc(Br)ccc1OCc1ccc(Br)cc1F. The first-order valence-electron chi connectivity index (χ1n) is 5.48. The molecule has 4 nitrogen and oxygen atoms in total. The Morgan fingerprint density at radius 2 is 1.80 bits per heavy atom. The predicted octanol–water partition coefficient (Wildman–Crippen LogP) is 4.84. The van der Waals surface area contributed by atoms with E-state index in [1.807, 2.05) is 0 Å². The van der Waals surface area contributed by atoms with Gasteiger partial charge in [-0.2, -0.15) is 0 Å². The zero-order valence-corrected chi connectivity index (χ0v) is 13.1. The Balaban J connectivity index is 2.20. The first kappa shape index (κ1) is 14.9. The minimum atomic E-state index is -0.544. The van der Waals surface area contributed by atoms with Crippen LogP contribution in [0.1, 0.15) is 5.56 Å². The van der Waals surface area contributed by atoms with Crippen molar-refractivity contribution in [2.24, 2.45) is 0 Å². The topological polar surface area (TPSA) is 52.4 Å². The number of halogens is 3. The van der Waals surface area contributed by atoms with E-state index >= 15 is 0 Å². The van der Waals surface area contributed by atoms with E-state index in [2.05, 4.69) is 31.9 Å². The molecule has 0 aliphatic heterocycles. The van der Waals surface area contributed by atoms with Crippen LogP contribution in [-0.4, -0.2) is 4.92 Å². The van der Waals surface area contributed by atoms with Gasteiger partial charge in [0.25, 0.3) is 0 Å². The number of nitrogens with zero attached hydrogens (tertiary/aromatic N) is 1. The molecule has 0 fully saturated rings. The third-order valence-electron chi connectivity index (χ3n) is 2.52. The van der Waals surface area contributed by atoms with Crippen LogP contribution < -0.4 is 4.74 Å². The average molecular weight is 405 g/mol. The maximum Gasteiger partial charge on any atom is 0.312 e. The number of nitro benzene ring substituents is 1. The van der Waals surface area contributed by atoms with Crippen LogP contribution in [0.15, 0.2) is 45.3 Å². The van der Waals surface area contributed by atoms with Crippen LogP contribution in [-0.2, 0) is 6.61 Å². The molecule has 2 aromatic rings. The van der Waals surface area contributed by atoms with E-state index in [1.165, 1.54) is 18.2 Å². The second-order valence-electron chi connectivity index (χ2n) is 3.89. The standard InChI is InChI=1S/C13H8Br2FNO3/c14-9-2-1-8(11(16)5-9)7-20-13-4-3-10(15)6-12(13)17(18)19/h1-6H,7H2. The van der Waals surface area contributed by atoms with Gasteiger partial charge in [-0.3, -0.25) is 10.1 Å². The van der Waals surface area contributed by atoms with Crippen molar-refractivity contribution in [2.45, 2.75) is 6.61 Å². The molecular weight excluding hydrogens is 397 g/mol. The van der Waals surface area contributed by atoms with Gasteiger partial charge in [-0.05, 0) is 24.3 Å². The number of rotatable bonds is 4. The summed E-state index contributed by atoms with van der Waals surface area (Å²) < 4.78 is 20.2. The van der Waals surface area contributed by atoms with E-state index in [1.54, 1.807) is 18.2 Å². The van der Waals surface area contributed by atoms with E-state index in [0.717, 1.165) is 0 Å². The van der Waals surface area contributed by atoms with Gasteiger partial charge in [-0.1, -0.05) is 37.9 Å². The van der Waals surface area contributed by atoms with Crippen molar-refractivity contribution in [3.05, 3.63) is 66.8 Å². The van der Waals surface area contributed by atoms with E-state index in [0.29, 0.717) is 14.5 Å². The van der Waals surface area contributed by atoms with Crippen molar-refractivity contribution >= 4 is 37.5 Å². The lowest BCUT2D eigenvalue weighted by Gasteiger charge is -2.08. The Labute approximate surface area is 131 Å². The first-order chi connectivity index (χ1) is 9.47. The summed E-state index contributed by atoms with van der Waals surface area (Å²) >= 11 is 6.31. The summed E-state index contributed by atoms with van der Waals surface area (Å²) in [6.07, 6.45) is 0. The average Bonchev–Trinajstić information content (AvgIpc) is 2.38. The zero-order chi connectivity index (χ0) is 14.7. The highest BCUT2D eigenvalue weighted by Gasteiger charge is 2.16. The molecule has 0 amide bonds. The van der Waals surface area contributed by atoms with Crippen LogP contribution in [0, 0.1) is 15.9 Å². The highest BCUT2D eigenvalue weighted by atomic mass is 79.9. The van der Waals surface area contributed by atoms with Gasteiger partial charge in [-0.25, -0.2) is 4.39 Å². The van der Waals surface area contributed by atoms with Crippen LogP contribution in [0.2, 0.25) is 0 Å². The molecule has 2 rings (SSSR count). The molecule has 7 heteroatoms. The molecule has 0 atom stereocenters. The smallest absolute Gasteiger partial charge is 0.312 e. The van der Waals surface area contributed by atoms with Gasteiger partial charge in [0, 0.05) is 20.6 Å². The molecule has 2 aromatic carbocycles. The van der Waals surface area contributed by atoms with Gasteiger partial charge >= 0.3 is 5.69 Å². The van der Waals surface area contributed by atoms with Crippen molar-refractivity contribution in [1.29, 1.82) is 0 Å². The normalized spacial score (nSPS) is 10.3. The molecule has 0 bridgehead atoms. The number of benzene rings is 2. The molecule has 0 aliphatic rings. The molecule has 0 saturated heterocycles. The maximum atomic E-state index is 13.6. The molecule has 0 saturated carbocycles. The molecule has 104 valence electrons. The largest absolute Gasteiger partial charge is 0.482 e. The zero-order valence-electron chi connectivity index (χ0n) is 9.98. The number of hydrogen-bond acceptors (Lipinski definition) is 3. The lowest BCUT2D eigenvalue weighted by atomic mass is 10.2. The van der Waals surface area contributed by atoms with Gasteiger partial charge in [0.15, 0.2) is 5.75 Å². The van der Waals surface area contributed by atoms with Gasteiger partial charge in [0.05, 0.1) is 4.92 Å². The Bertz CT molecular complexity index is 664. The molecule has 0 N–H and O–H groups in total. The van der Waals surface area contributed by atoms with Crippen molar-refractivity contribution in [2.75, 3.05) is 0 Å². The predicted molar refractivity (Wildman–Crippen MR) is 79.2 cm³/mol. The molecule has 0 radical (unpaired) electrons. The van der Waals surface area contributed by atoms with Gasteiger partial charge < -0.3 is 4.74 Å². The fourth-order valence-electron chi connectivity index (χ4n) is 1.55. The highest BCUT2D eigenvalue weighted by molar-refractivity contribution is 9.10. The first-order valence-corrected chi connectivity index (χ1v) is 7.06. The lowest BCUT2D eigenvalue weighted by Crippen LogP contribution is -2.01. The summed E-state index contributed by atoms with van der Waals surface area (Å²) in [5.74, 6) is -0.334. The van der Waals surface area contributed by atoms with Crippen LogP contribution >= 0.6 is 31.9 Å². The Morgan fingerprint density at radius 1 is 1.15 bits per heavy atom. The highest BCUT2D eigenvalue weighted by Crippen LogP contribution is 2.31. The van der Waals surface area contributed by atoms with Crippen molar-refractivity contribution < 1.29 is 14.1 Å². The third kappa shape index (κ3) is 3.55.